The molecule has 0 saturated heterocycles. The molecule has 13 heavy (non-hydrogen) atoms. The molecule has 0 bridgehead atoms. The van der Waals surface area contributed by atoms with Crippen molar-refractivity contribution in [2.45, 2.75) is 18.7 Å². The number of hydrogen-bond acceptors (Lipinski definition) is 2. The van der Waals surface area contributed by atoms with Crippen LogP contribution in [0.15, 0.2) is 17.0 Å². The van der Waals surface area contributed by atoms with E-state index in [9.17, 15) is 8.42 Å². The largest absolute Gasteiger partial charge is 0.294 e. The number of hydrogen-bond donors (Lipinski definition) is 1. The lowest BCUT2D eigenvalue weighted by Crippen LogP contribution is -2.07. The van der Waals surface area contributed by atoms with Crippen molar-refractivity contribution in [3.63, 3.8) is 0 Å². The molecule has 1 aromatic carbocycles. The summed E-state index contributed by atoms with van der Waals surface area (Å²) in [6, 6.07) is 3.18. The van der Waals surface area contributed by atoms with Crippen LogP contribution in [0, 0.1) is 13.8 Å². The molecule has 1 unspecified atom stereocenters. The van der Waals surface area contributed by atoms with Crippen LogP contribution in [0.1, 0.15) is 11.1 Å². The summed E-state index contributed by atoms with van der Waals surface area (Å²) in [7, 11) is -1.66. The summed E-state index contributed by atoms with van der Waals surface area (Å²) in [5.41, 5.74) is 1.54. The van der Waals surface area contributed by atoms with Gasteiger partial charge in [0.1, 0.15) is 0 Å². The molecule has 0 heterocycles. The fourth-order valence-electron chi connectivity index (χ4n) is 1.13. The lowest BCUT2D eigenvalue weighted by molar-refractivity contribution is 0.482. The molecule has 0 aliphatic rings. The first kappa shape index (κ1) is 10.6. The zero-order valence-corrected chi connectivity index (χ0v) is 9.38. The highest BCUT2D eigenvalue weighted by Gasteiger charge is 2.13. The maximum absolute atomic E-state index is 10.9. The summed E-state index contributed by atoms with van der Waals surface area (Å²) >= 11 is 0. The molecule has 0 saturated carbocycles. The van der Waals surface area contributed by atoms with E-state index < -0.39 is 10.1 Å². The maximum atomic E-state index is 10.9. The van der Waals surface area contributed by atoms with E-state index in [1.165, 1.54) is 6.07 Å². The van der Waals surface area contributed by atoms with Crippen molar-refractivity contribution in [3.8, 4) is 0 Å². The van der Waals surface area contributed by atoms with Crippen molar-refractivity contribution in [1.29, 1.82) is 0 Å². The Morgan fingerprint density at radius 1 is 1.23 bits per heavy atom. The molecular weight excluding hydrogens is 207 g/mol. The topological polar surface area (TPSA) is 54.4 Å². The van der Waals surface area contributed by atoms with Crippen LogP contribution in [-0.2, 0) is 10.1 Å². The second-order valence-corrected chi connectivity index (χ2v) is 4.96. The van der Waals surface area contributed by atoms with Gasteiger partial charge in [0.25, 0.3) is 10.1 Å². The van der Waals surface area contributed by atoms with Crippen molar-refractivity contribution in [3.05, 3.63) is 23.3 Å². The van der Waals surface area contributed by atoms with E-state index >= 15 is 0 Å². The molecule has 0 amide bonds. The molecular formula is C8H11O3PS. The summed E-state index contributed by atoms with van der Waals surface area (Å²) in [5, 5.41) is 0.776. The first-order valence-electron chi connectivity index (χ1n) is 3.66. The smallest absolute Gasteiger partial charge is 0.282 e. The van der Waals surface area contributed by atoms with E-state index in [0.29, 0.717) is 5.56 Å². The van der Waals surface area contributed by atoms with E-state index in [4.69, 9.17) is 4.55 Å². The van der Waals surface area contributed by atoms with Crippen molar-refractivity contribution in [2.75, 3.05) is 0 Å². The van der Waals surface area contributed by atoms with Gasteiger partial charge in [0.15, 0.2) is 0 Å². The lowest BCUT2D eigenvalue weighted by atomic mass is 10.2. The monoisotopic (exact) mass is 218 g/mol. The van der Waals surface area contributed by atoms with Crippen LogP contribution in [0.25, 0.3) is 0 Å². The third-order valence-electron chi connectivity index (χ3n) is 1.84. The minimum atomic E-state index is -4.09. The molecule has 3 nitrogen and oxygen atoms in total. The molecule has 5 heteroatoms. The lowest BCUT2D eigenvalue weighted by Gasteiger charge is -2.06. The van der Waals surface area contributed by atoms with Crippen LogP contribution in [-0.4, -0.2) is 13.0 Å². The third kappa shape index (κ3) is 2.27. The SMILES string of the molecule is Cc1cc(C)c(S(=O)(=O)O)cc1P. The molecule has 1 rings (SSSR count). The average Bonchev–Trinajstić information content (AvgIpc) is 1.94. The molecule has 0 aliphatic heterocycles. The van der Waals surface area contributed by atoms with E-state index in [1.54, 1.807) is 13.0 Å². The number of benzene rings is 1. The molecule has 0 fully saturated rings. The van der Waals surface area contributed by atoms with Gasteiger partial charge in [-0.3, -0.25) is 4.55 Å². The zero-order chi connectivity index (χ0) is 10.2. The predicted octanol–water partition coefficient (Wildman–Crippen LogP) is 1.05. The highest BCUT2D eigenvalue weighted by Crippen LogP contribution is 2.15. The van der Waals surface area contributed by atoms with Crippen molar-refractivity contribution in [2.24, 2.45) is 0 Å². The Hall–Kier alpha value is -0.440. The summed E-state index contributed by atoms with van der Waals surface area (Å²) in [5.74, 6) is 0. The van der Waals surface area contributed by atoms with Crippen molar-refractivity contribution in [1.82, 2.24) is 0 Å². The van der Waals surface area contributed by atoms with Gasteiger partial charge in [0, 0.05) is 0 Å². The summed E-state index contributed by atoms with van der Waals surface area (Å²) in [6.45, 7) is 3.53. The van der Waals surface area contributed by atoms with Gasteiger partial charge in [0.2, 0.25) is 0 Å². The molecule has 1 atom stereocenters. The van der Waals surface area contributed by atoms with Gasteiger partial charge in [-0.1, -0.05) is 6.07 Å². The van der Waals surface area contributed by atoms with E-state index in [-0.39, 0.29) is 4.90 Å². The molecule has 0 aliphatic carbocycles. The summed E-state index contributed by atoms with van der Waals surface area (Å²) in [4.78, 5) is -0.0249. The van der Waals surface area contributed by atoms with Gasteiger partial charge in [0.05, 0.1) is 4.90 Å². The Balaban J connectivity index is 3.50. The van der Waals surface area contributed by atoms with E-state index in [1.807, 2.05) is 6.92 Å². The van der Waals surface area contributed by atoms with Crippen LogP contribution in [0.5, 0.6) is 0 Å². The van der Waals surface area contributed by atoms with Crippen molar-refractivity contribution >= 4 is 24.7 Å². The third-order valence-corrected chi connectivity index (χ3v) is 3.46. The number of rotatable bonds is 1. The Morgan fingerprint density at radius 2 is 1.77 bits per heavy atom. The van der Waals surface area contributed by atoms with Gasteiger partial charge in [-0.05, 0) is 36.3 Å². The van der Waals surface area contributed by atoms with Crippen molar-refractivity contribution < 1.29 is 13.0 Å². The fraction of sp³-hybridized carbons (Fsp3) is 0.250. The quantitative estimate of drug-likeness (QED) is 0.566. The Morgan fingerprint density at radius 3 is 2.23 bits per heavy atom. The predicted molar refractivity (Wildman–Crippen MR) is 55.1 cm³/mol. The van der Waals surface area contributed by atoms with Gasteiger partial charge in [-0.25, -0.2) is 0 Å². The van der Waals surface area contributed by atoms with Crippen LogP contribution in [0.3, 0.4) is 0 Å². The molecule has 1 N–H and O–H groups in total. The maximum Gasteiger partial charge on any atom is 0.294 e. The van der Waals surface area contributed by atoms with Crippen LogP contribution >= 0.6 is 9.24 Å². The Labute approximate surface area is 80.1 Å². The molecule has 0 aromatic heterocycles. The molecule has 0 spiro atoms. The average molecular weight is 218 g/mol. The molecule has 0 radical (unpaired) electrons. The van der Waals surface area contributed by atoms with Gasteiger partial charge >= 0.3 is 0 Å². The minimum absolute atomic E-state index is 0.0249. The van der Waals surface area contributed by atoms with Gasteiger partial charge in [-0.2, -0.15) is 8.42 Å². The number of aryl methyl sites for hydroxylation is 2. The first-order chi connectivity index (χ1) is 5.82. The molecule has 1 aromatic rings. The van der Waals surface area contributed by atoms with Crippen LogP contribution in [0.2, 0.25) is 0 Å². The fourth-order valence-corrected chi connectivity index (χ4v) is 2.24. The van der Waals surface area contributed by atoms with Gasteiger partial charge in [-0.15, -0.1) is 9.24 Å². The second kappa shape index (κ2) is 3.37. The van der Waals surface area contributed by atoms with Gasteiger partial charge < -0.3 is 0 Å². The second-order valence-electron chi connectivity index (χ2n) is 2.95. The Bertz CT molecular complexity index is 437. The first-order valence-corrected chi connectivity index (χ1v) is 5.68. The van der Waals surface area contributed by atoms with Crippen LogP contribution in [0.4, 0.5) is 0 Å². The Kier molecular flexibility index (Phi) is 2.76. The minimum Gasteiger partial charge on any atom is -0.282 e. The van der Waals surface area contributed by atoms with E-state index in [0.717, 1.165) is 10.9 Å². The highest BCUT2D eigenvalue weighted by molar-refractivity contribution is 7.85. The highest BCUT2D eigenvalue weighted by atomic mass is 32.2. The zero-order valence-electron chi connectivity index (χ0n) is 7.40. The molecule has 72 valence electrons. The van der Waals surface area contributed by atoms with E-state index in [2.05, 4.69) is 9.24 Å². The summed E-state index contributed by atoms with van der Waals surface area (Å²) < 4.78 is 30.6. The summed E-state index contributed by atoms with van der Waals surface area (Å²) in [6.07, 6.45) is 0. The van der Waals surface area contributed by atoms with Crippen LogP contribution < -0.4 is 5.30 Å². The standard InChI is InChI=1S/C8H11O3PS/c1-5-3-6(2)8(4-7(5)12)13(9,10)11/h3-4H,12H2,1-2H3,(H,9,10,11). The normalized spacial score (nSPS) is 11.7.